The lowest BCUT2D eigenvalue weighted by Gasteiger charge is -2.36. The second-order valence-electron chi connectivity index (χ2n) is 6.09. The first-order chi connectivity index (χ1) is 9.78. The number of ether oxygens (including phenoxy) is 1. The molecule has 2 aliphatic rings. The molecule has 2 nitrogen and oxygen atoms in total. The summed E-state index contributed by atoms with van der Waals surface area (Å²) in [5.41, 5.74) is 0. The van der Waals surface area contributed by atoms with Gasteiger partial charge in [0.1, 0.15) is 11.9 Å². The number of aliphatic hydroxyl groups is 1. The van der Waals surface area contributed by atoms with E-state index in [0.29, 0.717) is 5.92 Å². The van der Waals surface area contributed by atoms with Gasteiger partial charge in [-0.05, 0) is 36.8 Å². The number of para-hydroxylation sites is 1. The molecule has 0 saturated heterocycles. The molecule has 1 aliphatic carbocycles. The van der Waals surface area contributed by atoms with Crippen molar-refractivity contribution in [1.82, 2.24) is 0 Å². The summed E-state index contributed by atoms with van der Waals surface area (Å²) in [7, 11) is 0. The van der Waals surface area contributed by atoms with Crippen molar-refractivity contribution in [2.45, 2.75) is 56.1 Å². The average Bonchev–Trinajstić information content (AvgIpc) is 2.54. The molecule has 1 aromatic rings. The molecule has 0 radical (unpaired) electrons. The van der Waals surface area contributed by atoms with Crippen LogP contribution in [0, 0.1) is 11.8 Å². The minimum Gasteiger partial charge on any atom is -0.486 e. The topological polar surface area (TPSA) is 29.5 Å². The molecule has 0 spiro atoms. The second-order valence-corrected chi connectivity index (χ2v) is 7.16. The molecular formula is C17H24O2S. The van der Waals surface area contributed by atoms with Crippen molar-refractivity contribution in [2.75, 3.05) is 5.75 Å². The second kappa shape index (κ2) is 6.40. The van der Waals surface area contributed by atoms with Crippen molar-refractivity contribution in [1.29, 1.82) is 0 Å². The van der Waals surface area contributed by atoms with Crippen LogP contribution in [0.5, 0.6) is 5.75 Å². The van der Waals surface area contributed by atoms with Crippen LogP contribution < -0.4 is 4.74 Å². The van der Waals surface area contributed by atoms with Crippen molar-refractivity contribution in [3.8, 4) is 5.75 Å². The Bertz CT molecular complexity index is 440. The molecule has 3 heteroatoms. The van der Waals surface area contributed by atoms with Crippen LogP contribution in [0.3, 0.4) is 0 Å². The highest BCUT2D eigenvalue weighted by atomic mass is 32.2. The lowest BCUT2D eigenvalue weighted by Crippen LogP contribution is -2.42. The summed E-state index contributed by atoms with van der Waals surface area (Å²) in [5, 5.41) is 10.6. The smallest absolute Gasteiger partial charge is 0.134 e. The first-order valence-electron chi connectivity index (χ1n) is 7.84. The predicted octanol–water partition coefficient (Wildman–Crippen LogP) is 4.12. The Morgan fingerprint density at radius 3 is 2.75 bits per heavy atom. The molecule has 1 heterocycles. The number of rotatable bonds is 3. The van der Waals surface area contributed by atoms with Crippen LogP contribution in [0.15, 0.2) is 29.2 Å². The molecule has 3 rings (SSSR count). The van der Waals surface area contributed by atoms with E-state index in [9.17, 15) is 5.11 Å². The van der Waals surface area contributed by atoms with Crippen molar-refractivity contribution >= 4 is 11.8 Å². The van der Waals surface area contributed by atoms with Gasteiger partial charge in [-0.3, -0.25) is 0 Å². The van der Waals surface area contributed by atoms with E-state index in [1.807, 2.05) is 30.0 Å². The summed E-state index contributed by atoms with van der Waals surface area (Å²) < 4.78 is 6.03. The zero-order valence-corrected chi connectivity index (χ0v) is 12.9. The minimum absolute atomic E-state index is 0.0434. The van der Waals surface area contributed by atoms with Gasteiger partial charge in [0.05, 0.1) is 6.10 Å². The summed E-state index contributed by atoms with van der Waals surface area (Å²) in [6.45, 7) is 2.28. The maximum absolute atomic E-state index is 10.6. The summed E-state index contributed by atoms with van der Waals surface area (Å²) >= 11 is 1.81. The molecule has 1 fully saturated rings. The van der Waals surface area contributed by atoms with Crippen LogP contribution in [0.1, 0.15) is 39.0 Å². The van der Waals surface area contributed by atoms with Crippen LogP contribution in [0.2, 0.25) is 0 Å². The quantitative estimate of drug-likeness (QED) is 0.909. The molecule has 2 atom stereocenters. The maximum Gasteiger partial charge on any atom is 0.134 e. The van der Waals surface area contributed by atoms with Crippen LogP contribution in [-0.4, -0.2) is 23.1 Å². The first-order valence-corrected chi connectivity index (χ1v) is 8.83. The molecule has 1 N–H and O–H groups in total. The van der Waals surface area contributed by atoms with Crippen molar-refractivity contribution in [3.05, 3.63) is 24.3 Å². The van der Waals surface area contributed by atoms with Gasteiger partial charge in [0.2, 0.25) is 0 Å². The highest BCUT2D eigenvalue weighted by Crippen LogP contribution is 2.39. The highest BCUT2D eigenvalue weighted by molar-refractivity contribution is 7.99. The van der Waals surface area contributed by atoms with Crippen molar-refractivity contribution in [2.24, 2.45) is 11.8 Å². The van der Waals surface area contributed by atoms with Gasteiger partial charge < -0.3 is 9.84 Å². The number of aliphatic hydroxyl groups excluding tert-OH is 1. The Morgan fingerprint density at radius 2 is 2.00 bits per heavy atom. The van der Waals surface area contributed by atoms with E-state index in [0.717, 1.165) is 30.3 Å². The Labute approximate surface area is 125 Å². The molecule has 0 aromatic heterocycles. The Hall–Kier alpha value is -0.670. The molecule has 20 heavy (non-hydrogen) atoms. The van der Waals surface area contributed by atoms with Crippen LogP contribution in [-0.2, 0) is 0 Å². The zero-order valence-electron chi connectivity index (χ0n) is 12.1. The van der Waals surface area contributed by atoms with E-state index in [1.165, 1.54) is 24.2 Å². The average molecular weight is 292 g/mol. The fraction of sp³-hybridized carbons (Fsp3) is 0.647. The number of fused-ring (bicyclic) bond motifs is 1. The van der Waals surface area contributed by atoms with Gasteiger partial charge in [-0.1, -0.05) is 38.3 Å². The summed E-state index contributed by atoms with van der Waals surface area (Å²) in [6, 6.07) is 8.14. The number of benzene rings is 1. The van der Waals surface area contributed by atoms with E-state index >= 15 is 0 Å². The minimum atomic E-state index is -0.311. The van der Waals surface area contributed by atoms with Gasteiger partial charge in [-0.2, -0.15) is 0 Å². The monoisotopic (exact) mass is 292 g/mol. The highest BCUT2D eigenvalue weighted by Gasteiger charge is 2.34. The third-order valence-electron chi connectivity index (χ3n) is 4.86. The van der Waals surface area contributed by atoms with Crippen molar-refractivity contribution in [3.63, 3.8) is 0 Å². The van der Waals surface area contributed by atoms with Gasteiger partial charge in [-0.25, -0.2) is 0 Å². The van der Waals surface area contributed by atoms with Gasteiger partial charge >= 0.3 is 0 Å². The summed E-state index contributed by atoms with van der Waals surface area (Å²) in [5.74, 6) is 3.11. The number of thioether (sulfide) groups is 1. The molecule has 1 aliphatic heterocycles. The lowest BCUT2D eigenvalue weighted by molar-refractivity contribution is -0.0104. The fourth-order valence-corrected chi connectivity index (χ4v) is 4.49. The van der Waals surface area contributed by atoms with Crippen molar-refractivity contribution < 1.29 is 9.84 Å². The standard InChI is InChI=1S/C17H24O2S/c1-2-12-7-9-13(10-8-12)17(18)15-11-20-16-6-4-3-5-14(16)19-15/h3-6,12-13,15,17-18H,2,7-11H2,1H3. The van der Waals surface area contributed by atoms with Gasteiger partial charge in [-0.15, -0.1) is 11.8 Å². The maximum atomic E-state index is 10.6. The Morgan fingerprint density at radius 1 is 1.25 bits per heavy atom. The number of hydrogen-bond acceptors (Lipinski definition) is 3. The van der Waals surface area contributed by atoms with E-state index in [4.69, 9.17) is 4.74 Å². The van der Waals surface area contributed by atoms with Gasteiger partial charge in [0.15, 0.2) is 0 Å². The normalized spacial score (nSPS) is 31.2. The van der Waals surface area contributed by atoms with E-state index in [-0.39, 0.29) is 12.2 Å². The largest absolute Gasteiger partial charge is 0.486 e. The first kappa shape index (κ1) is 14.3. The molecular weight excluding hydrogens is 268 g/mol. The molecule has 1 saturated carbocycles. The predicted molar refractivity (Wildman–Crippen MR) is 83.3 cm³/mol. The molecule has 0 amide bonds. The Kier molecular flexibility index (Phi) is 4.57. The lowest BCUT2D eigenvalue weighted by atomic mass is 9.77. The van der Waals surface area contributed by atoms with Crippen LogP contribution >= 0.6 is 11.8 Å². The molecule has 110 valence electrons. The molecule has 0 bridgehead atoms. The fourth-order valence-electron chi connectivity index (χ4n) is 3.45. The summed E-state index contributed by atoms with van der Waals surface area (Å²) in [6.07, 6.45) is 5.79. The van der Waals surface area contributed by atoms with Crippen LogP contribution in [0.4, 0.5) is 0 Å². The van der Waals surface area contributed by atoms with E-state index < -0.39 is 0 Å². The van der Waals surface area contributed by atoms with Gasteiger partial charge in [0, 0.05) is 10.6 Å². The summed E-state index contributed by atoms with van der Waals surface area (Å²) in [4.78, 5) is 1.20. The molecule has 2 unspecified atom stereocenters. The third-order valence-corrected chi connectivity index (χ3v) is 6.01. The SMILES string of the molecule is CCC1CCC(C(O)C2CSc3ccccc3O2)CC1. The molecule has 1 aromatic carbocycles. The van der Waals surface area contributed by atoms with E-state index in [2.05, 4.69) is 13.0 Å². The number of hydrogen-bond donors (Lipinski definition) is 1. The zero-order chi connectivity index (χ0) is 13.9. The third kappa shape index (κ3) is 2.99. The van der Waals surface area contributed by atoms with Gasteiger partial charge in [0.25, 0.3) is 0 Å². The Balaban J connectivity index is 1.60. The van der Waals surface area contributed by atoms with E-state index in [1.54, 1.807) is 0 Å². The van der Waals surface area contributed by atoms with Crippen LogP contribution in [0.25, 0.3) is 0 Å².